The first-order valence-electron chi connectivity index (χ1n) is 11.7. The number of thioether (sulfide) groups is 1. The Morgan fingerprint density at radius 3 is 2.50 bits per heavy atom. The van der Waals surface area contributed by atoms with Gasteiger partial charge in [-0.2, -0.15) is 0 Å². The molecule has 0 aliphatic rings. The molecule has 9 nitrogen and oxygen atoms in total. The number of benzene rings is 2. The number of para-hydroxylation sites is 3. The quantitative estimate of drug-likeness (QED) is 0.163. The van der Waals surface area contributed by atoms with Gasteiger partial charge in [-0.25, -0.2) is 9.67 Å². The Labute approximate surface area is 231 Å². The number of hydrogen-bond acceptors (Lipinski definition) is 9. The Morgan fingerprint density at radius 2 is 1.82 bits per heavy atom. The van der Waals surface area contributed by atoms with E-state index in [-0.39, 0.29) is 23.0 Å². The molecule has 12 heteroatoms. The molecule has 0 unspecified atom stereocenters. The van der Waals surface area contributed by atoms with Crippen molar-refractivity contribution in [3.63, 3.8) is 0 Å². The van der Waals surface area contributed by atoms with Crippen molar-refractivity contribution in [2.45, 2.75) is 25.9 Å². The predicted molar refractivity (Wildman–Crippen MR) is 154 cm³/mol. The number of fused-ring (bicyclic) bond motifs is 1. The second kappa shape index (κ2) is 10.6. The van der Waals surface area contributed by atoms with E-state index >= 15 is 0 Å². The smallest absolute Gasteiger partial charge is 0.278 e. The molecule has 0 aliphatic carbocycles. The molecular weight excluding hydrogens is 541 g/mol. The van der Waals surface area contributed by atoms with Crippen LogP contribution in [0.2, 0.25) is 0 Å². The van der Waals surface area contributed by atoms with Crippen molar-refractivity contribution in [3.8, 4) is 17.1 Å². The average molecular weight is 565 g/mol. The number of nitrogens with zero attached hydrogens (tertiary/aromatic N) is 5. The number of aromatic nitrogens is 5. The maximum absolute atomic E-state index is 14.0. The van der Waals surface area contributed by atoms with Crippen molar-refractivity contribution >= 4 is 57.4 Å². The molecule has 0 fully saturated rings. The van der Waals surface area contributed by atoms with Crippen LogP contribution in [-0.2, 0) is 0 Å². The third-order valence-electron chi connectivity index (χ3n) is 5.81. The first kappa shape index (κ1) is 25.9. The van der Waals surface area contributed by atoms with Crippen LogP contribution in [0.15, 0.2) is 64.5 Å². The summed E-state index contributed by atoms with van der Waals surface area (Å²) in [7, 11) is 0. The highest BCUT2D eigenvalue weighted by atomic mass is 32.2. The monoisotopic (exact) mass is 564 g/mol. The van der Waals surface area contributed by atoms with Gasteiger partial charge < -0.3 is 10.5 Å². The summed E-state index contributed by atoms with van der Waals surface area (Å²) in [6, 6.07) is 16.7. The fourth-order valence-corrected chi connectivity index (χ4v) is 6.26. The van der Waals surface area contributed by atoms with Crippen LogP contribution < -0.4 is 16.0 Å². The average Bonchev–Trinajstić information content (AvgIpc) is 3.41. The van der Waals surface area contributed by atoms with Crippen LogP contribution in [0.1, 0.15) is 23.0 Å². The van der Waals surface area contributed by atoms with Gasteiger partial charge in [0.2, 0.25) is 0 Å². The lowest BCUT2D eigenvalue weighted by molar-refractivity contribution is 0.0924. The summed E-state index contributed by atoms with van der Waals surface area (Å²) in [6.07, 6.45) is 0. The Hall–Kier alpha value is -3.74. The van der Waals surface area contributed by atoms with Crippen molar-refractivity contribution < 1.29 is 9.53 Å². The molecule has 5 rings (SSSR count). The summed E-state index contributed by atoms with van der Waals surface area (Å²) in [4.78, 5) is 31.9. The van der Waals surface area contributed by atoms with E-state index in [1.807, 2.05) is 62.4 Å². The van der Waals surface area contributed by atoms with E-state index in [1.165, 1.54) is 16.0 Å². The highest BCUT2D eigenvalue weighted by molar-refractivity contribution is 7.99. The second-order valence-corrected chi connectivity index (χ2v) is 11.0. The van der Waals surface area contributed by atoms with Gasteiger partial charge in [0.1, 0.15) is 16.3 Å². The van der Waals surface area contributed by atoms with Crippen LogP contribution in [0.4, 0.5) is 5.82 Å². The molecule has 5 aromatic rings. The molecule has 0 radical (unpaired) electrons. The molecule has 3 heterocycles. The summed E-state index contributed by atoms with van der Waals surface area (Å²) in [6.45, 7) is 6.06. The van der Waals surface area contributed by atoms with Crippen LogP contribution in [0.3, 0.4) is 0 Å². The Morgan fingerprint density at radius 1 is 1.11 bits per heavy atom. The zero-order valence-corrected chi connectivity index (χ0v) is 23.3. The van der Waals surface area contributed by atoms with Crippen LogP contribution in [-0.4, -0.2) is 42.2 Å². The highest BCUT2D eigenvalue weighted by Gasteiger charge is 2.22. The third kappa shape index (κ3) is 4.66. The Bertz CT molecular complexity index is 1800. The fraction of sp³-hybridized carbons (Fsp3) is 0.192. The zero-order chi connectivity index (χ0) is 27.0. The number of ether oxygens (including phenoxy) is 1. The van der Waals surface area contributed by atoms with Gasteiger partial charge in [0.05, 0.1) is 23.7 Å². The Balaban J connectivity index is 1.71. The molecular formula is C26H24N6O3S3. The summed E-state index contributed by atoms with van der Waals surface area (Å²) in [5.74, 6) is 0.611. The first-order valence-corrected chi connectivity index (χ1v) is 14.0. The fourth-order valence-electron chi connectivity index (χ4n) is 4.13. The standard InChI is InChI=1S/C26H24N6O3S3/c1-4-35-19-12-8-7-11-18(19)30-23-22(38-26(30)36)24(34)31(17-10-6-5-9-15(17)2)25(28-23)37-14-21(33)32-16(3)13-20(27)29-32/h5-13H,4,14H2,1-3H3,(H2,27,29). The van der Waals surface area contributed by atoms with Gasteiger partial charge in [-0.15, -0.1) is 5.10 Å². The minimum absolute atomic E-state index is 0.00775. The number of rotatable bonds is 7. The summed E-state index contributed by atoms with van der Waals surface area (Å²) in [5, 5.41) is 4.44. The zero-order valence-electron chi connectivity index (χ0n) is 20.9. The molecule has 3 aromatic heterocycles. The molecule has 0 bridgehead atoms. The second-order valence-electron chi connectivity index (χ2n) is 8.38. The van der Waals surface area contributed by atoms with Gasteiger partial charge in [-0.3, -0.25) is 18.7 Å². The molecule has 194 valence electrons. The number of aryl methyl sites for hydroxylation is 2. The van der Waals surface area contributed by atoms with Gasteiger partial charge in [0.15, 0.2) is 14.8 Å². The molecule has 0 spiro atoms. The highest BCUT2D eigenvalue weighted by Crippen LogP contribution is 2.31. The molecule has 0 amide bonds. The van der Waals surface area contributed by atoms with Gasteiger partial charge in [-0.05, 0) is 56.8 Å². The molecule has 2 aromatic carbocycles. The number of nitrogen functional groups attached to an aromatic ring is 1. The number of nitrogens with two attached hydrogens (primary N) is 1. The van der Waals surface area contributed by atoms with Crippen molar-refractivity contribution in [1.29, 1.82) is 0 Å². The van der Waals surface area contributed by atoms with E-state index in [2.05, 4.69) is 5.10 Å². The largest absolute Gasteiger partial charge is 0.492 e. The normalized spacial score (nSPS) is 11.2. The maximum atomic E-state index is 14.0. The minimum Gasteiger partial charge on any atom is -0.492 e. The number of carbonyl (C=O) groups is 1. The number of hydrogen-bond donors (Lipinski definition) is 1. The number of anilines is 1. The van der Waals surface area contributed by atoms with Gasteiger partial charge in [-0.1, -0.05) is 53.4 Å². The minimum atomic E-state index is -0.279. The van der Waals surface area contributed by atoms with Crippen LogP contribution in [0, 0.1) is 17.8 Å². The van der Waals surface area contributed by atoms with Gasteiger partial charge in [0, 0.05) is 11.8 Å². The maximum Gasteiger partial charge on any atom is 0.278 e. The molecule has 0 saturated heterocycles. The van der Waals surface area contributed by atoms with Crippen molar-refractivity contribution in [1.82, 2.24) is 23.9 Å². The van der Waals surface area contributed by atoms with Crippen LogP contribution in [0.25, 0.3) is 21.7 Å². The number of carbonyl (C=O) groups excluding carboxylic acids is 1. The Kier molecular flexibility index (Phi) is 7.19. The van der Waals surface area contributed by atoms with E-state index in [9.17, 15) is 9.59 Å². The van der Waals surface area contributed by atoms with Crippen molar-refractivity contribution in [3.05, 3.63) is 80.2 Å². The molecule has 0 aliphatic heterocycles. The van der Waals surface area contributed by atoms with E-state index < -0.39 is 0 Å². The molecule has 38 heavy (non-hydrogen) atoms. The third-order valence-corrected chi connectivity index (χ3v) is 8.08. The predicted octanol–water partition coefficient (Wildman–Crippen LogP) is 5.19. The summed E-state index contributed by atoms with van der Waals surface area (Å²) >= 11 is 8.06. The molecule has 0 atom stereocenters. The van der Waals surface area contributed by atoms with Gasteiger partial charge >= 0.3 is 0 Å². The first-order chi connectivity index (χ1) is 18.3. The molecule has 2 N–H and O–H groups in total. The topological polar surface area (TPSA) is 110 Å². The molecule has 0 saturated carbocycles. The summed E-state index contributed by atoms with van der Waals surface area (Å²) in [5.41, 5.74) is 8.81. The van der Waals surface area contributed by atoms with E-state index in [0.29, 0.717) is 48.9 Å². The van der Waals surface area contributed by atoms with Gasteiger partial charge in [0.25, 0.3) is 11.5 Å². The van der Waals surface area contributed by atoms with E-state index in [0.717, 1.165) is 17.3 Å². The van der Waals surface area contributed by atoms with Crippen molar-refractivity contribution in [2.75, 3.05) is 18.1 Å². The lowest BCUT2D eigenvalue weighted by Gasteiger charge is -2.15. The summed E-state index contributed by atoms with van der Waals surface area (Å²) < 4.78 is 11.3. The van der Waals surface area contributed by atoms with E-state index in [4.69, 9.17) is 27.7 Å². The van der Waals surface area contributed by atoms with Crippen LogP contribution in [0.5, 0.6) is 5.75 Å². The number of thiazole rings is 1. The van der Waals surface area contributed by atoms with Crippen LogP contribution >= 0.6 is 35.3 Å². The van der Waals surface area contributed by atoms with E-state index in [1.54, 1.807) is 22.1 Å². The lowest BCUT2D eigenvalue weighted by atomic mass is 10.2. The lowest BCUT2D eigenvalue weighted by Crippen LogP contribution is -2.23. The SMILES string of the molecule is CCOc1ccccc1-n1c(=S)sc2c(=O)n(-c3ccccc3C)c(SCC(=O)n3nc(N)cc3C)nc21. The van der Waals surface area contributed by atoms with Crippen molar-refractivity contribution in [2.24, 2.45) is 0 Å².